The number of benzene rings is 1. The minimum atomic E-state index is 0.0560. The van der Waals surface area contributed by atoms with Crippen molar-refractivity contribution >= 4 is 11.5 Å². The number of methoxy groups -OCH3 is 1. The van der Waals surface area contributed by atoms with Gasteiger partial charge in [0.2, 0.25) is 0 Å². The largest absolute Gasteiger partial charge is 0.497 e. The van der Waals surface area contributed by atoms with Gasteiger partial charge in [-0.05, 0) is 24.3 Å². The topological polar surface area (TPSA) is 84.0 Å². The summed E-state index contributed by atoms with van der Waals surface area (Å²) in [4.78, 5) is 6.27. The quantitative estimate of drug-likeness (QED) is 0.379. The van der Waals surface area contributed by atoms with Crippen LogP contribution in [-0.4, -0.2) is 30.2 Å². The van der Waals surface area contributed by atoms with Crippen LogP contribution in [0.25, 0.3) is 0 Å². The van der Waals surface area contributed by atoms with Crippen molar-refractivity contribution in [1.82, 2.24) is 4.98 Å². The van der Waals surface area contributed by atoms with Gasteiger partial charge < -0.3 is 20.6 Å². The first kappa shape index (κ1) is 14.6. The van der Waals surface area contributed by atoms with E-state index in [1.54, 1.807) is 25.4 Å². The lowest BCUT2D eigenvalue weighted by Gasteiger charge is -2.22. The van der Waals surface area contributed by atoms with E-state index >= 15 is 0 Å². The molecule has 2 aromatic rings. The van der Waals surface area contributed by atoms with Crippen LogP contribution in [0.3, 0.4) is 0 Å². The highest BCUT2D eigenvalue weighted by atomic mass is 16.5. The maximum absolute atomic E-state index is 8.91. The van der Waals surface area contributed by atoms with Crippen LogP contribution in [0.15, 0.2) is 47.8 Å². The van der Waals surface area contributed by atoms with Gasteiger partial charge >= 0.3 is 0 Å². The third kappa shape index (κ3) is 3.42. The van der Waals surface area contributed by atoms with Crippen molar-refractivity contribution in [2.75, 3.05) is 19.1 Å². The molecule has 21 heavy (non-hydrogen) atoms. The Kier molecular flexibility index (Phi) is 4.61. The number of amidine groups is 1. The van der Waals surface area contributed by atoms with E-state index in [0.717, 1.165) is 11.4 Å². The van der Waals surface area contributed by atoms with Crippen LogP contribution in [0.1, 0.15) is 11.3 Å². The van der Waals surface area contributed by atoms with Gasteiger partial charge in [0.05, 0.1) is 25.0 Å². The second-order valence-electron chi connectivity index (χ2n) is 4.55. The van der Waals surface area contributed by atoms with Crippen LogP contribution < -0.4 is 15.4 Å². The van der Waals surface area contributed by atoms with Crippen molar-refractivity contribution in [1.29, 1.82) is 0 Å². The highest BCUT2D eigenvalue weighted by Gasteiger charge is 2.13. The summed E-state index contributed by atoms with van der Waals surface area (Å²) in [7, 11) is 3.51. The second-order valence-corrected chi connectivity index (χ2v) is 4.55. The van der Waals surface area contributed by atoms with E-state index in [1.807, 2.05) is 36.2 Å². The fourth-order valence-electron chi connectivity index (χ4n) is 2.04. The van der Waals surface area contributed by atoms with Gasteiger partial charge in [0.1, 0.15) is 5.75 Å². The zero-order valence-electron chi connectivity index (χ0n) is 12.0. The van der Waals surface area contributed by atoms with Crippen LogP contribution in [0.4, 0.5) is 5.69 Å². The Morgan fingerprint density at radius 3 is 2.81 bits per heavy atom. The van der Waals surface area contributed by atoms with E-state index in [-0.39, 0.29) is 5.84 Å². The number of aromatic nitrogens is 1. The smallest absolute Gasteiger partial charge is 0.172 e. The van der Waals surface area contributed by atoms with Crippen molar-refractivity contribution < 1.29 is 9.94 Å². The Bertz CT molecular complexity index is 629. The molecule has 0 aliphatic rings. The molecule has 0 unspecified atom stereocenters. The summed E-state index contributed by atoms with van der Waals surface area (Å²) in [6.45, 7) is 0.597. The maximum Gasteiger partial charge on any atom is 0.172 e. The lowest BCUT2D eigenvalue weighted by Crippen LogP contribution is -2.23. The first-order valence-corrected chi connectivity index (χ1v) is 6.42. The molecule has 0 atom stereocenters. The molecule has 6 heteroatoms. The molecule has 110 valence electrons. The second kappa shape index (κ2) is 6.60. The van der Waals surface area contributed by atoms with Gasteiger partial charge in [0.15, 0.2) is 5.84 Å². The standard InChI is InChI=1S/C15H18N4O2/c1-19(10-11-5-3-4-8-17-11)14-9-12(21-2)6-7-13(14)15(16)18-20/h3-9,20H,10H2,1-2H3,(H2,16,18). The Morgan fingerprint density at radius 1 is 1.38 bits per heavy atom. The van der Waals surface area contributed by atoms with Crippen molar-refractivity contribution in [3.8, 4) is 5.75 Å². The predicted molar refractivity (Wildman–Crippen MR) is 81.8 cm³/mol. The number of ether oxygens (including phenoxy) is 1. The number of anilines is 1. The van der Waals surface area contributed by atoms with Crippen molar-refractivity contribution in [3.63, 3.8) is 0 Å². The van der Waals surface area contributed by atoms with Crippen LogP contribution in [0, 0.1) is 0 Å². The van der Waals surface area contributed by atoms with Gasteiger partial charge in [-0.2, -0.15) is 0 Å². The van der Waals surface area contributed by atoms with Gasteiger partial charge in [0, 0.05) is 24.9 Å². The van der Waals surface area contributed by atoms with Gasteiger partial charge in [-0.1, -0.05) is 11.2 Å². The summed E-state index contributed by atoms with van der Waals surface area (Å²) in [5, 5.41) is 12.0. The summed E-state index contributed by atoms with van der Waals surface area (Å²) < 4.78 is 5.24. The number of nitrogens with zero attached hydrogens (tertiary/aromatic N) is 3. The summed E-state index contributed by atoms with van der Waals surface area (Å²) >= 11 is 0. The molecule has 3 N–H and O–H groups in total. The SMILES string of the molecule is COc1ccc(/C(N)=N/O)c(N(C)Cc2ccccn2)c1. The molecule has 6 nitrogen and oxygen atoms in total. The van der Waals surface area contributed by atoms with Crippen molar-refractivity contribution in [3.05, 3.63) is 53.9 Å². The third-order valence-electron chi connectivity index (χ3n) is 3.13. The van der Waals surface area contributed by atoms with Crippen molar-refractivity contribution in [2.45, 2.75) is 6.54 Å². The molecular weight excluding hydrogens is 268 g/mol. The molecule has 1 aromatic heterocycles. The predicted octanol–water partition coefficient (Wildman–Crippen LogP) is 1.82. The molecule has 0 aliphatic heterocycles. The molecule has 0 amide bonds. The van der Waals surface area contributed by atoms with E-state index < -0.39 is 0 Å². The number of oxime groups is 1. The first-order valence-electron chi connectivity index (χ1n) is 6.42. The zero-order chi connectivity index (χ0) is 15.2. The fourth-order valence-corrected chi connectivity index (χ4v) is 2.04. The average molecular weight is 286 g/mol. The van der Waals surface area contributed by atoms with Crippen LogP contribution in [0.2, 0.25) is 0 Å². The van der Waals surface area contributed by atoms with Crippen LogP contribution >= 0.6 is 0 Å². The van der Waals surface area contributed by atoms with Crippen LogP contribution in [0.5, 0.6) is 5.75 Å². The summed E-state index contributed by atoms with van der Waals surface area (Å²) in [5.74, 6) is 0.757. The number of hydrogen-bond acceptors (Lipinski definition) is 5. The molecule has 0 fully saturated rings. The normalized spacial score (nSPS) is 11.2. The fraction of sp³-hybridized carbons (Fsp3) is 0.200. The number of nitrogens with two attached hydrogens (primary N) is 1. The number of pyridine rings is 1. The summed E-state index contributed by atoms with van der Waals surface area (Å²) in [6, 6.07) is 11.1. The Hall–Kier alpha value is -2.76. The minimum Gasteiger partial charge on any atom is -0.497 e. The maximum atomic E-state index is 8.91. The highest BCUT2D eigenvalue weighted by Crippen LogP contribution is 2.26. The molecule has 0 radical (unpaired) electrons. The van der Waals surface area contributed by atoms with Gasteiger partial charge in [0.25, 0.3) is 0 Å². The Labute approximate surface area is 123 Å². The number of rotatable bonds is 5. The monoisotopic (exact) mass is 286 g/mol. The van der Waals surface area contributed by atoms with Crippen molar-refractivity contribution in [2.24, 2.45) is 10.9 Å². The molecule has 0 spiro atoms. The highest BCUT2D eigenvalue weighted by molar-refractivity contribution is 6.02. The van der Waals surface area contributed by atoms with Gasteiger partial charge in [-0.25, -0.2) is 0 Å². The minimum absolute atomic E-state index is 0.0560. The third-order valence-corrected chi connectivity index (χ3v) is 3.13. The Balaban J connectivity index is 2.35. The summed E-state index contributed by atoms with van der Waals surface area (Å²) in [5.41, 5.74) is 8.10. The lowest BCUT2D eigenvalue weighted by molar-refractivity contribution is 0.318. The first-order chi connectivity index (χ1) is 10.2. The van der Waals surface area contributed by atoms with E-state index in [2.05, 4.69) is 10.1 Å². The molecule has 1 heterocycles. The molecular formula is C15H18N4O2. The van der Waals surface area contributed by atoms with Crippen LogP contribution in [-0.2, 0) is 6.54 Å². The van der Waals surface area contributed by atoms with E-state index in [1.165, 1.54) is 0 Å². The van der Waals surface area contributed by atoms with E-state index in [9.17, 15) is 0 Å². The van der Waals surface area contributed by atoms with Gasteiger partial charge in [-0.15, -0.1) is 0 Å². The molecule has 0 saturated heterocycles. The molecule has 2 rings (SSSR count). The molecule has 0 aliphatic carbocycles. The van der Waals surface area contributed by atoms with Gasteiger partial charge in [-0.3, -0.25) is 4.98 Å². The average Bonchev–Trinajstić information content (AvgIpc) is 2.54. The lowest BCUT2D eigenvalue weighted by atomic mass is 10.1. The Morgan fingerprint density at radius 2 is 2.19 bits per heavy atom. The molecule has 0 saturated carbocycles. The zero-order valence-corrected chi connectivity index (χ0v) is 12.0. The number of hydrogen-bond donors (Lipinski definition) is 2. The molecule has 1 aromatic carbocycles. The van der Waals surface area contributed by atoms with E-state index in [4.69, 9.17) is 15.7 Å². The molecule has 0 bridgehead atoms. The van der Waals surface area contributed by atoms with E-state index in [0.29, 0.717) is 17.9 Å². The summed E-state index contributed by atoms with van der Waals surface area (Å²) in [6.07, 6.45) is 1.75.